The Morgan fingerprint density at radius 2 is 1.48 bits per heavy atom. The quantitative estimate of drug-likeness (QED) is 0.288. The summed E-state index contributed by atoms with van der Waals surface area (Å²) in [6, 6.07) is 23.9. The minimum absolute atomic E-state index is 0.685. The Bertz CT molecular complexity index is 1210. The van der Waals surface area contributed by atoms with Crippen LogP contribution < -0.4 is 10.2 Å². The number of likely N-dealkylation sites (N-methyl/N-ethyl adjacent to an activating group) is 1. The minimum atomic E-state index is 0.685. The summed E-state index contributed by atoms with van der Waals surface area (Å²) in [5, 5.41) is 4.81. The molecule has 4 nitrogen and oxygen atoms in total. The predicted octanol–water partition coefficient (Wildman–Crippen LogP) is 7.36. The molecule has 0 aliphatic carbocycles. The summed E-state index contributed by atoms with van der Waals surface area (Å²) in [6.07, 6.45) is 1.78. The number of nitrogens with one attached hydrogen (secondary N) is 1. The molecule has 33 heavy (non-hydrogen) atoms. The molecule has 1 aromatic heterocycles. The van der Waals surface area contributed by atoms with E-state index in [0.29, 0.717) is 10.0 Å². The Labute approximate surface area is 205 Å². The van der Waals surface area contributed by atoms with Gasteiger partial charge in [0.25, 0.3) is 0 Å². The van der Waals surface area contributed by atoms with E-state index in [2.05, 4.69) is 48.3 Å². The molecule has 0 aliphatic heterocycles. The van der Waals surface area contributed by atoms with Crippen LogP contribution in [0.1, 0.15) is 12.5 Å². The Morgan fingerprint density at radius 1 is 0.848 bits per heavy atom. The molecule has 0 atom stereocenters. The highest BCUT2D eigenvalue weighted by Crippen LogP contribution is 2.31. The number of anilines is 2. The lowest BCUT2D eigenvalue weighted by molar-refractivity contribution is 0.832. The van der Waals surface area contributed by atoms with Crippen molar-refractivity contribution in [3.8, 4) is 22.5 Å². The number of benzene rings is 3. The van der Waals surface area contributed by atoms with Gasteiger partial charge in [-0.3, -0.25) is 4.98 Å². The van der Waals surface area contributed by atoms with Crippen molar-refractivity contribution in [3.05, 3.63) is 94.6 Å². The monoisotopic (exact) mass is 476 g/mol. The number of rotatable bonds is 8. The maximum absolute atomic E-state index is 6.11. The summed E-state index contributed by atoms with van der Waals surface area (Å²) in [6.45, 7) is 6.82. The Balaban J connectivity index is 1.57. The molecule has 1 N–H and O–H groups in total. The van der Waals surface area contributed by atoms with Crippen LogP contribution in [0.2, 0.25) is 10.0 Å². The molecule has 0 radical (unpaired) electrons. The topological polar surface area (TPSA) is 41.0 Å². The standard InChI is InChI=1S/C27H26Cl2N4/c1-3-33(24-6-4-5-19(2)17-24)16-15-30-25-18-31-26(20-7-11-22(28)12-8-20)27(32-25)21-9-13-23(29)14-10-21/h4-14,17-18H,3,15-16H2,1-2H3,(H,30,32). The van der Waals surface area contributed by atoms with Crippen molar-refractivity contribution in [2.75, 3.05) is 29.9 Å². The Kier molecular flexibility index (Phi) is 7.48. The average molecular weight is 477 g/mol. The van der Waals surface area contributed by atoms with E-state index in [9.17, 15) is 0 Å². The van der Waals surface area contributed by atoms with Crippen LogP contribution in [0.4, 0.5) is 11.5 Å². The summed E-state index contributed by atoms with van der Waals surface area (Å²) < 4.78 is 0. The molecule has 3 aromatic carbocycles. The maximum Gasteiger partial charge on any atom is 0.145 e. The molecule has 168 valence electrons. The van der Waals surface area contributed by atoms with Crippen molar-refractivity contribution in [1.82, 2.24) is 9.97 Å². The summed E-state index contributed by atoms with van der Waals surface area (Å²) in [5.74, 6) is 0.734. The molecule has 0 saturated heterocycles. The summed E-state index contributed by atoms with van der Waals surface area (Å²) in [5.41, 5.74) is 6.00. The fraction of sp³-hybridized carbons (Fsp3) is 0.185. The second-order valence-corrected chi connectivity index (χ2v) is 8.68. The van der Waals surface area contributed by atoms with Gasteiger partial charge in [-0.25, -0.2) is 4.98 Å². The lowest BCUT2D eigenvalue weighted by Gasteiger charge is -2.24. The number of aryl methyl sites for hydroxylation is 1. The van der Waals surface area contributed by atoms with E-state index in [0.717, 1.165) is 48.0 Å². The van der Waals surface area contributed by atoms with Gasteiger partial charge in [-0.05, 0) is 55.8 Å². The van der Waals surface area contributed by atoms with Gasteiger partial charge in [0.2, 0.25) is 0 Å². The van der Waals surface area contributed by atoms with E-state index in [1.165, 1.54) is 11.3 Å². The van der Waals surface area contributed by atoms with Gasteiger partial charge in [0.05, 0.1) is 17.6 Å². The van der Waals surface area contributed by atoms with Crippen molar-refractivity contribution >= 4 is 34.7 Å². The third kappa shape index (κ3) is 5.84. The minimum Gasteiger partial charge on any atom is -0.370 e. The van der Waals surface area contributed by atoms with Crippen LogP contribution in [0.25, 0.3) is 22.5 Å². The zero-order valence-electron chi connectivity index (χ0n) is 18.7. The van der Waals surface area contributed by atoms with Crippen LogP contribution in [0.3, 0.4) is 0 Å². The second-order valence-electron chi connectivity index (χ2n) is 7.81. The first-order valence-corrected chi connectivity index (χ1v) is 11.7. The van der Waals surface area contributed by atoms with Crippen LogP contribution in [-0.4, -0.2) is 29.6 Å². The molecule has 6 heteroatoms. The molecule has 0 amide bonds. The Hall–Kier alpha value is -3.08. The maximum atomic E-state index is 6.11. The van der Waals surface area contributed by atoms with Crippen LogP contribution >= 0.6 is 23.2 Å². The van der Waals surface area contributed by atoms with Crippen molar-refractivity contribution < 1.29 is 0 Å². The van der Waals surface area contributed by atoms with Crippen LogP contribution in [-0.2, 0) is 0 Å². The highest BCUT2D eigenvalue weighted by atomic mass is 35.5. The Morgan fingerprint density at radius 3 is 2.09 bits per heavy atom. The third-order valence-electron chi connectivity index (χ3n) is 5.44. The van der Waals surface area contributed by atoms with Gasteiger partial charge in [-0.15, -0.1) is 0 Å². The molecule has 0 unspecified atom stereocenters. The first kappa shape index (κ1) is 23.1. The normalized spacial score (nSPS) is 10.8. The van der Waals surface area contributed by atoms with E-state index in [4.69, 9.17) is 33.2 Å². The third-order valence-corrected chi connectivity index (χ3v) is 5.95. The molecule has 4 aromatic rings. The highest BCUT2D eigenvalue weighted by Gasteiger charge is 2.13. The van der Waals surface area contributed by atoms with Gasteiger partial charge in [-0.1, -0.05) is 59.6 Å². The van der Waals surface area contributed by atoms with Gasteiger partial charge < -0.3 is 10.2 Å². The van der Waals surface area contributed by atoms with Gasteiger partial charge in [-0.2, -0.15) is 0 Å². The zero-order chi connectivity index (χ0) is 23.2. The van der Waals surface area contributed by atoms with E-state index >= 15 is 0 Å². The highest BCUT2D eigenvalue weighted by molar-refractivity contribution is 6.31. The van der Waals surface area contributed by atoms with E-state index < -0.39 is 0 Å². The number of hydrogen-bond acceptors (Lipinski definition) is 4. The van der Waals surface area contributed by atoms with Gasteiger partial charge in [0.15, 0.2) is 0 Å². The van der Waals surface area contributed by atoms with Crippen molar-refractivity contribution in [1.29, 1.82) is 0 Å². The fourth-order valence-electron chi connectivity index (χ4n) is 3.72. The van der Waals surface area contributed by atoms with Crippen LogP contribution in [0.5, 0.6) is 0 Å². The van der Waals surface area contributed by atoms with Gasteiger partial charge in [0.1, 0.15) is 5.82 Å². The number of halogens is 2. The molecular weight excluding hydrogens is 451 g/mol. The van der Waals surface area contributed by atoms with E-state index in [1.54, 1.807) is 6.20 Å². The number of nitrogens with zero attached hydrogens (tertiary/aromatic N) is 3. The molecule has 0 spiro atoms. The first-order valence-electron chi connectivity index (χ1n) is 11.0. The molecule has 0 fully saturated rings. The van der Waals surface area contributed by atoms with Crippen molar-refractivity contribution in [2.45, 2.75) is 13.8 Å². The number of aromatic nitrogens is 2. The van der Waals surface area contributed by atoms with E-state index in [1.807, 2.05) is 48.5 Å². The first-order chi connectivity index (χ1) is 16.0. The molecular formula is C27H26Cl2N4. The van der Waals surface area contributed by atoms with Crippen molar-refractivity contribution in [3.63, 3.8) is 0 Å². The largest absolute Gasteiger partial charge is 0.370 e. The molecule has 1 heterocycles. The van der Waals surface area contributed by atoms with Gasteiger partial charge in [0, 0.05) is 46.5 Å². The lowest BCUT2D eigenvalue weighted by Crippen LogP contribution is -2.29. The fourth-order valence-corrected chi connectivity index (χ4v) is 3.97. The van der Waals surface area contributed by atoms with E-state index in [-0.39, 0.29) is 0 Å². The lowest BCUT2D eigenvalue weighted by atomic mass is 10.0. The summed E-state index contributed by atoms with van der Waals surface area (Å²) >= 11 is 12.2. The zero-order valence-corrected chi connectivity index (χ0v) is 20.2. The van der Waals surface area contributed by atoms with Crippen molar-refractivity contribution in [2.24, 2.45) is 0 Å². The average Bonchev–Trinajstić information content (AvgIpc) is 2.83. The van der Waals surface area contributed by atoms with Gasteiger partial charge >= 0.3 is 0 Å². The SMILES string of the molecule is CCN(CCNc1cnc(-c2ccc(Cl)cc2)c(-c2ccc(Cl)cc2)n1)c1cccc(C)c1. The molecule has 0 aliphatic rings. The molecule has 0 saturated carbocycles. The van der Waals surface area contributed by atoms with Crippen LogP contribution in [0.15, 0.2) is 79.0 Å². The summed E-state index contributed by atoms with van der Waals surface area (Å²) in [7, 11) is 0. The van der Waals surface area contributed by atoms with Crippen LogP contribution in [0, 0.1) is 6.92 Å². The predicted molar refractivity (Wildman–Crippen MR) is 140 cm³/mol. The second kappa shape index (κ2) is 10.7. The smallest absolute Gasteiger partial charge is 0.145 e. The summed E-state index contributed by atoms with van der Waals surface area (Å²) in [4.78, 5) is 12.0. The number of hydrogen-bond donors (Lipinski definition) is 1. The molecule has 4 rings (SSSR count). The molecule has 0 bridgehead atoms.